The molecule has 10 rings (SSSR count). The highest BCUT2D eigenvalue weighted by Gasteiger charge is 2.34. The van der Waals surface area contributed by atoms with Gasteiger partial charge in [-0.05, 0) is 96.1 Å². The third-order valence-corrected chi connectivity index (χ3v) is 12.2. The topological polar surface area (TPSA) is 197 Å². The van der Waals surface area contributed by atoms with Crippen molar-refractivity contribution < 1.29 is 55.0 Å². The minimum atomic E-state index is -0.911. The van der Waals surface area contributed by atoms with E-state index in [1.165, 1.54) is 12.1 Å². The Balaban J connectivity index is 1.04. The van der Waals surface area contributed by atoms with Crippen LogP contribution in [-0.4, -0.2) is 40.9 Å². The van der Waals surface area contributed by atoms with Crippen LogP contribution in [0, 0.1) is 13.8 Å². The summed E-state index contributed by atoms with van der Waals surface area (Å²) in [6.45, 7) is 8.19. The van der Waals surface area contributed by atoms with Crippen molar-refractivity contribution in [2.45, 2.75) is 20.3 Å². The summed E-state index contributed by atoms with van der Waals surface area (Å²) in [6.07, 6.45) is 7.50. The van der Waals surface area contributed by atoms with Crippen molar-refractivity contribution in [3.63, 3.8) is 0 Å². The predicted octanol–water partition coefficient (Wildman–Crippen LogP) is 12.7. The molecule has 0 atom stereocenters. The fourth-order valence-corrected chi connectivity index (χ4v) is 8.98. The fourth-order valence-electron chi connectivity index (χ4n) is 8.98. The van der Waals surface area contributed by atoms with Gasteiger partial charge in [0.2, 0.25) is 28.7 Å². The molecule has 0 unspecified atom stereocenters. The maximum absolute atomic E-state index is 11.1. The number of hydrogen-bond donors (Lipinski definition) is 8. The normalized spacial score (nSPS) is 12.3. The van der Waals surface area contributed by atoms with Gasteiger partial charge in [0.05, 0.1) is 11.1 Å². The molecule has 12 nitrogen and oxygen atoms in total. The highest BCUT2D eigenvalue weighted by atomic mass is 17.2. The molecule has 1 aliphatic heterocycles. The van der Waals surface area contributed by atoms with Crippen LogP contribution in [0.5, 0.6) is 57.5 Å². The number of nitrogens with zero attached hydrogens (tertiary/aromatic N) is 1. The van der Waals surface area contributed by atoms with E-state index in [0.717, 1.165) is 50.5 Å². The average Bonchev–Trinajstić information content (AvgIpc) is 3.63. The minimum Gasteiger partial charge on any atom is -0.508 e. The van der Waals surface area contributed by atoms with Crippen LogP contribution in [0.1, 0.15) is 16.7 Å². The lowest BCUT2D eigenvalue weighted by Gasteiger charge is -2.30. The van der Waals surface area contributed by atoms with E-state index in [2.05, 4.69) is 49.6 Å². The zero-order chi connectivity index (χ0) is 46.8. The molecule has 0 saturated carbocycles. The molecule has 1 aromatic heterocycles. The smallest absolute Gasteiger partial charge is 0.236 e. The second-order valence-corrected chi connectivity index (χ2v) is 16.3. The van der Waals surface area contributed by atoms with Gasteiger partial charge in [0.25, 0.3) is 0 Å². The summed E-state index contributed by atoms with van der Waals surface area (Å²) in [5.74, 6) is -4.50. The number of aromatic hydroxyl groups is 8. The molecule has 12 heteroatoms. The van der Waals surface area contributed by atoms with E-state index < -0.39 is 28.7 Å². The number of phenolic OH excluding ortho intramolecular Hbond substituents is 8. The monoisotopic (exact) mass is 891 g/mol. The Hall–Kier alpha value is -9.16. The Morgan fingerprint density at radius 3 is 1.91 bits per heavy atom. The highest BCUT2D eigenvalue weighted by molar-refractivity contribution is 6.28. The molecule has 8 aromatic carbocycles. The molecule has 1 aliphatic rings. The number of furan rings is 1. The molecule has 2 heterocycles. The largest absolute Gasteiger partial charge is 0.508 e. The molecule has 0 fully saturated rings. The Morgan fingerprint density at radius 1 is 0.582 bits per heavy atom. The van der Waals surface area contributed by atoms with Crippen molar-refractivity contribution >= 4 is 44.1 Å². The van der Waals surface area contributed by atoms with Gasteiger partial charge in [-0.25, -0.2) is 0 Å². The van der Waals surface area contributed by atoms with E-state index in [9.17, 15) is 40.9 Å². The first kappa shape index (κ1) is 41.8. The van der Waals surface area contributed by atoms with Gasteiger partial charge < -0.3 is 50.2 Å². The molecular weight excluding hydrogens is 851 g/mol. The first-order valence-electron chi connectivity index (χ1n) is 21.1. The van der Waals surface area contributed by atoms with Crippen molar-refractivity contribution in [3.05, 3.63) is 169 Å². The lowest BCUT2D eigenvalue weighted by Crippen LogP contribution is -2.17. The zero-order valence-electron chi connectivity index (χ0n) is 35.9. The van der Waals surface area contributed by atoms with Crippen molar-refractivity contribution in [2.24, 2.45) is 0 Å². The number of benzene rings is 8. The van der Waals surface area contributed by atoms with Gasteiger partial charge in [-0.2, -0.15) is 0 Å². The average molecular weight is 892 g/mol. The van der Waals surface area contributed by atoms with E-state index in [4.69, 9.17) is 14.2 Å². The van der Waals surface area contributed by atoms with Gasteiger partial charge in [-0.1, -0.05) is 91.5 Å². The van der Waals surface area contributed by atoms with Crippen LogP contribution in [0.15, 0.2) is 156 Å². The second-order valence-electron chi connectivity index (χ2n) is 16.3. The van der Waals surface area contributed by atoms with Crippen molar-refractivity contribution in [2.75, 3.05) is 4.90 Å². The summed E-state index contributed by atoms with van der Waals surface area (Å²) in [5, 5.41) is 85.7. The Morgan fingerprint density at radius 2 is 1.21 bits per heavy atom. The van der Waals surface area contributed by atoms with Crippen molar-refractivity contribution in [1.29, 1.82) is 0 Å². The Labute approximate surface area is 382 Å². The summed E-state index contributed by atoms with van der Waals surface area (Å²) in [6, 6.07) is 35.9. The van der Waals surface area contributed by atoms with Crippen LogP contribution in [0.25, 0.3) is 66.1 Å². The summed E-state index contributed by atoms with van der Waals surface area (Å²) < 4.78 is 5.77. The molecule has 67 heavy (non-hydrogen) atoms. The molecule has 0 spiro atoms. The minimum absolute atomic E-state index is 0.0305. The SMILES string of the molecule is C=C/C=C(\C=C/Cc1c(O)cc(O)cc1O)N(c1ccc(-c2ccc(-c3ccc4c(O)c(O)c5oc6c(O)c(O)c(O)c7c6c5c4c3OO7)cc2)cc1)c1cccc(C)c1-c1ccccc1C. The predicted molar refractivity (Wildman–Crippen MR) is 258 cm³/mol. The van der Waals surface area contributed by atoms with Gasteiger partial charge in [-0.15, -0.1) is 0 Å². The van der Waals surface area contributed by atoms with Crippen LogP contribution in [0.4, 0.5) is 11.4 Å². The highest BCUT2D eigenvalue weighted by Crippen LogP contribution is 2.59. The molecule has 0 amide bonds. The van der Waals surface area contributed by atoms with Crippen LogP contribution in [0.3, 0.4) is 0 Å². The first-order valence-corrected chi connectivity index (χ1v) is 21.1. The van der Waals surface area contributed by atoms with Crippen LogP contribution < -0.4 is 14.7 Å². The van der Waals surface area contributed by atoms with Crippen LogP contribution >= 0.6 is 0 Å². The van der Waals surface area contributed by atoms with Crippen molar-refractivity contribution in [3.8, 4) is 90.9 Å². The molecule has 332 valence electrons. The maximum atomic E-state index is 11.1. The summed E-state index contributed by atoms with van der Waals surface area (Å²) in [5.41, 5.74) is 9.57. The van der Waals surface area contributed by atoms with Gasteiger partial charge in [0.1, 0.15) is 17.2 Å². The molecule has 9 aromatic rings. The summed E-state index contributed by atoms with van der Waals surface area (Å²) in [7, 11) is 0. The first-order chi connectivity index (χ1) is 32.4. The van der Waals surface area contributed by atoms with Crippen molar-refractivity contribution in [1.82, 2.24) is 0 Å². The Kier molecular flexibility index (Phi) is 10.1. The summed E-state index contributed by atoms with van der Waals surface area (Å²) >= 11 is 0. The van der Waals surface area contributed by atoms with E-state index >= 15 is 0 Å². The third kappa shape index (κ3) is 6.78. The molecule has 0 saturated heterocycles. The third-order valence-electron chi connectivity index (χ3n) is 12.2. The maximum Gasteiger partial charge on any atom is 0.236 e. The van der Waals surface area contributed by atoms with Crippen LogP contribution in [0.2, 0.25) is 0 Å². The van der Waals surface area contributed by atoms with E-state index in [-0.39, 0.29) is 73.4 Å². The van der Waals surface area contributed by atoms with E-state index in [1.54, 1.807) is 18.2 Å². The number of rotatable bonds is 10. The molecule has 8 N–H and O–H groups in total. The quantitative estimate of drug-likeness (QED) is 0.0368. The van der Waals surface area contributed by atoms with Gasteiger partial charge >= 0.3 is 0 Å². The lowest BCUT2D eigenvalue weighted by atomic mass is 9.93. The number of anilines is 2. The van der Waals surface area contributed by atoms with E-state index in [1.807, 2.05) is 85.0 Å². The van der Waals surface area contributed by atoms with E-state index in [0.29, 0.717) is 11.1 Å². The standard InChI is InChI=1S/C55H41NO11/c1-4-9-33(12-8-14-38-41(58)26-35(57)27-42(38)59)56(40-15-7-11-29(3)43(40)36-13-6-5-10-28(36)2)34-22-20-31(21-23-34)30-16-18-32(19-17-30)37-24-25-39-44-45-46-54(65-53(45)49(62)47(39)60)50(63)48(61)51(64)55(46)67-66-52(37)44/h4-13,15-27,57-64H,1,14H2,2-3H3/b12-8-,33-9+. The molecule has 0 aliphatic carbocycles. The van der Waals surface area contributed by atoms with Gasteiger partial charge in [0.15, 0.2) is 22.7 Å². The Bertz CT molecular complexity index is 3540. The second kappa shape index (κ2) is 16.1. The molecular formula is C55H41NO11. The number of phenols is 8. The molecule has 0 bridgehead atoms. The van der Waals surface area contributed by atoms with Crippen LogP contribution in [-0.2, 0) is 6.42 Å². The molecule has 0 radical (unpaired) electrons. The van der Waals surface area contributed by atoms with Gasteiger partial charge in [0, 0.05) is 56.4 Å². The number of aryl methyl sites for hydroxylation is 2. The van der Waals surface area contributed by atoms with Gasteiger partial charge in [-0.3, -0.25) is 9.78 Å². The lowest BCUT2D eigenvalue weighted by molar-refractivity contribution is -0.0976. The zero-order valence-corrected chi connectivity index (χ0v) is 35.9. The summed E-state index contributed by atoms with van der Waals surface area (Å²) in [4.78, 5) is 13.6. The number of hydrogen-bond acceptors (Lipinski definition) is 12. The fraction of sp³-hybridized carbons (Fsp3) is 0.0545. The number of allylic oxidation sites excluding steroid dienone is 4.